The molecule has 0 spiro atoms. The van der Waals surface area contributed by atoms with Gasteiger partial charge in [0.05, 0.1) is 21.8 Å². The molecule has 22 heavy (non-hydrogen) atoms. The molecule has 0 saturated carbocycles. The van der Waals surface area contributed by atoms with Gasteiger partial charge in [0.25, 0.3) is 0 Å². The molecule has 8 heteroatoms. The Bertz CT molecular complexity index is 621. The van der Waals surface area contributed by atoms with Gasteiger partial charge in [-0.15, -0.1) is 0 Å². The van der Waals surface area contributed by atoms with Gasteiger partial charge in [-0.05, 0) is 36.7 Å². The molecule has 0 bridgehead atoms. The van der Waals surface area contributed by atoms with E-state index in [1.54, 1.807) is 31.3 Å². The summed E-state index contributed by atoms with van der Waals surface area (Å²) in [5.41, 5.74) is 15.3. The molecule has 116 valence electrons. The van der Waals surface area contributed by atoms with Crippen molar-refractivity contribution < 1.29 is 0 Å². The van der Waals surface area contributed by atoms with Crippen LogP contribution in [0.15, 0.2) is 41.8 Å². The van der Waals surface area contributed by atoms with Crippen LogP contribution in [0.4, 0.5) is 0 Å². The SMILES string of the molecule is CC(N)c1ccc(Cl)cn1.CC(N=[N+]=[N-])c1ccc(Cl)cn1. The third kappa shape index (κ3) is 6.28. The number of aromatic nitrogens is 2. The monoisotopic (exact) mass is 338 g/mol. The van der Waals surface area contributed by atoms with Gasteiger partial charge < -0.3 is 5.73 Å². The first-order chi connectivity index (χ1) is 10.4. The predicted octanol–water partition coefficient (Wildman–Crippen LogP) is 4.86. The quantitative estimate of drug-likeness (QED) is 0.491. The fourth-order valence-corrected chi connectivity index (χ4v) is 1.65. The zero-order valence-corrected chi connectivity index (χ0v) is 13.7. The van der Waals surface area contributed by atoms with Gasteiger partial charge in [0, 0.05) is 29.0 Å². The van der Waals surface area contributed by atoms with Crippen LogP contribution in [-0.4, -0.2) is 9.97 Å². The van der Waals surface area contributed by atoms with Crippen molar-refractivity contribution in [1.29, 1.82) is 0 Å². The number of hydrogen-bond donors (Lipinski definition) is 1. The van der Waals surface area contributed by atoms with Crippen molar-refractivity contribution in [2.75, 3.05) is 0 Å². The summed E-state index contributed by atoms with van der Waals surface area (Å²) in [6.45, 7) is 3.66. The molecule has 0 aliphatic carbocycles. The third-order valence-electron chi connectivity index (χ3n) is 2.62. The summed E-state index contributed by atoms with van der Waals surface area (Å²) in [6, 6.07) is 6.81. The average Bonchev–Trinajstić information content (AvgIpc) is 2.49. The maximum Gasteiger partial charge on any atom is 0.0769 e. The van der Waals surface area contributed by atoms with Crippen LogP contribution in [0.3, 0.4) is 0 Å². The highest BCUT2D eigenvalue weighted by Gasteiger charge is 2.02. The topological polar surface area (TPSA) is 101 Å². The van der Waals surface area contributed by atoms with Crippen molar-refractivity contribution in [3.8, 4) is 0 Å². The van der Waals surface area contributed by atoms with Gasteiger partial charge in [0.1, 0.15) is 0 Å². The average molecular weight is 339 g/mol. The maximum atomic E-state index is 8.16. The van der Waals surface area contributed by atoms with Gasteiger partial charge in [-0.1, -0.05) is 35.2 Å². The van der Waals surface area contributed by atoms with Crippen molar-refractivity contribution in [1.82, 2.24) is 9.97 Å². The van der Waals surface area contributed by atoms with Crippen molar-refractivity contribution in [3.05, 3.63) is 68.5 Å². The Balaban J connectivity index is 0.000000224. The normalized spacial score (nSPS) is 12.4. The van der Waals surface area contributed by atoms with Crippen LogP contribution in [0.25, 0.3) is 10.4 Å². The van der Waals surface area contributed by atoms with Gasteiger partial charge in [0.15, 0.2) is 0 Å². The lowest BCUT2D eigenvalue weighted by Gasteiger charge is -2.02. The maximum absolute atomic E-state index is 8.16. The van der Waals surface area contributed by atoms with Gasteiger partial charge in [-0.2, -0.15) is 0 Å². The van der Waals surface area contributed by atoms with E-state index in [-0.39, 0.29) is 12.1 Å². The van der Waals surface area contributed by atoms with Gasteiger partial charge >= 0.3 is 0 Å². The molecule has 2 N–H and O–H groups in total. The van der Waals surface area contributed by atoms with Crippen molar-refractivity contribution in [2.45, 2.75) is 25.9 Å². The molecule has 2 aromatic heterocycles. The summed E-state index contributed by atoms with van der Waals surface area (Å²) in [7, 11) is 0. The van der Waals surface area contributed by atoms with Crippen LogP contribution in [0.1, 0.15) is 37.3 Å². The second kappa shape index (κ2) is 9.23. The Morgan fingerprint density at radius 2 is 1.55 bits per heavy atom. The molecule has 2 unspecified atom stereocenters. The highest BCUT2D eigenvalue weighted by atomic mass is 35.5. The summed E-state index contributed by atoms with van der Waals surface area (Å²) in [6.07, 6.45) is 3.13. The molecule has 0 aliphatic heterocycles. The molecular formula is C14H16Cl2N6. The highest BCUT2D eigenvalue weighted by molar-refractivity contribution is 6.30. The van der Waals surface area contributed by atoms with Crippen LogP contribution in [0, 0.1) is 0 Å². The molecule has 0 fully saturated rings. The molecule has 2 atom stereocenters. The predicted molar refractivity (Wildman–Crippen MR) is 88.7 cm³/mol. The summed E-state index contributed by atoms with van der Waals surface area (Å²) in [4.78, 5) is 10.7. The second-order valence-corrected chi connectivity index (χ2v) is 5.34. The molecule has 2 aromatic rings. The lowest BCUT2D eigenvalue weighted by atomic mass is 10.2. The van der Waals surface area contributed by atoms with Crippen LogP contribution in [-0.2, 0) is 0 Å². The first-order valence-electron chi connectivity index (χ1n) is 6.46. The molecule has 0 aliphatic rings. The number of azide groups is 1. The molecule has 2 heterocycles. The molecule has 0 radical (unpaired) electrons. The van der Waals surface area contributed by atoms with E-state index >= 15 is 0 Å². The number of rotatable bonds is 3. The highest BCUT2D eigenvalue weighted by Crippen LogP contribution is 2.15. The Hall–Kier alpha value is -1.85. The largest absolute Gasteiger partial charge is 0.323 e. The first kappa shape index (κ1) is 18.2. The first-order valence-corrected chi connectivity index (χ1v) is 7.22. The van der Waals surface area contributed by atoms with Gasteiger partial charge in [-0.25, -0.2) is 0 Å². The second-order valence-electron chi connectivity index (χ2n) is 4.47. The fraction of sp³-hybridized carbons (Fsp3) is 0.286. The van der Waals surface area contributed by atoms with Crippen LogP contribution >= 0.6 is 23.2 Å². The van der Waals surface area contributed by atoms with Gasteiger partial charge in [0.2, 0.25) is 0 Å². The summed E-state index contributed by atoms with van der Waals surface area (Å²) >= 11 is 11.2. The number of pyridine rings is 2. The fourth-order valence-electron chi connectivity index (χ4n) is 1.43. The number of hydrogen-bond acceptors (Lipinski definition) is 4. The minimum absolute atomic E-state index is 0.0164. The van der Waals surface area contributed by atoms with E-state index < -0.39 is 0 Å². The van der Waals surface area contributed by atoms with Crippen molar-refractivity contribution in [3.63, 3.8) is 0 Å². The standard InChI is InChI=1S/C7H7ClN4.C7H9ClN2/c1-5(11-12-9)7-3-2-6(8)4-10-7;1-5(9)7-3-2-6(8)4-10-7/h2-5H,1H3;2-5H,9H2,1H3. The molecule has 2 rings (SSSR count). The Morgan fingerprint density at radius 1 is 1.05 bits per heavy atom. The van der Waals surface area contributed by atoms with E-state index in [2.05, 4.69) is 20.0 Å². The molecule has 0 amide bonds. The van der Waals surface area contributed by atoms with E-state index in [9.17, 15) is 0 Å². The summed E-state index contributed by atoms with van der Waals surface area (Å²) in [5.74, 6) is 0. The number of nitrogens with two attached hydrogens (primary N) is 1. The lowest BCUT2D eigenvalue weighted by Crippen LogP contribution is -2.06. The van der Waals surface area contributed by atoms with Crippen LogP contribution in [0.5, 0.6) is 0 Å². The van der Waals surface area contributed by atoms with E-state index in [0.29, 0.717) is 10.0 Å². The molecule has 0 aromatic carbocycles. The minimum atomic E-state index is -0.243. The van der Waals surface area contributed by atoms with Crippen molar-refractivity contribution in [2.24, 2.45) is 10.8 Å². The Kier molecular flexibility index (Phi) is 7.63. The molecular weight excluding hydrogens is 323 g/mol. The Morgan fingerprint density at radius 3 is 1.91 bits per heavy atom. The smallest absolute Gasteiger partial charge is 0.0769 e. The third-order valence-corrected chi connectivity index (χ3v) is 3.07. The van der Waals surface area contributed by atoms with Crippen molar-refractivity contribution >= 4 is 23.2 Å². The number of halogens is 2. The zero-order chi connectivity index (χ0) is 16.5. The zero-order valence-electron chi connectivity index (χ0n) is 12.2. The van der Waals surface area contributed by atoms with E-state index in [1.807, 2.05) is 13.0 Å². The summed E-state index contributed by atoms with van der Waals surface area (Å²) in [5, 5.41) is 4.72. The van der Waals surface area contributed by atoms with E-state index in [1.165, 1.54) is 6.20 Å². The van der Waals surface area contributed by atoms with Gasteiger partial charge in [-0.3, -0.25) is 9.97 Å². The van der Waals surface area contributed by atoms with Crippen LogP contribution < -0.4 is 5.73 Å². The van der Waals surface area contributed by atoms with Crippen LogP contribution in [0.2, 0.25) is 10.0 Å². The summed E-state index contributed by atoms with van der Waals surface area (Å²) < 4.78 is 0. The number of nitrogens with zero attached hydrogens (tertiary/aromatic N) is 5. The minimum Gasteiger partial charge on any atom is -0.323 e. The van der Waals surface area contributed by atoms with E-state index in [4.69, 9.17) is 34.5 Å². The lowest BCUT2D eigenvalue weighted by molar-refractivity contribution is 0.773. The molecule has 6 nitrogen and oxygen atoms in total. The molecule has 0 saturated heterocycles. The van der Waals surface area contributed by atoms with E-state index in [0.717, 1.165) is 11.4 Å². The Labute approximate surface area is 138 Å².